The minimum absolute atomic E-state index is 0.0732. The fourth-order valence-electron chi connectivity index (χ4n) is 10.6. The first-order chi connectivity index (χ1) is 19.0. The molecule has 0 aromatic rings. The lowest BCUT2D eigenvalue weighted by Gasteiger charge is -2.58. The summed E-state index contributed by atoms with van der Waals surface area (Å²) in [6, 6.07) is 0. The van der Waals surface area contributed by atoms with Crippen molar-refractivity contribution in [2.75, 3.05) is 6.61 Å². The fourth-order valence-corrected chi connectivity index (χ4v) is 10.6. The van der Waals surface area contributed by atoms with Gasteiger partial charge in [0.25, 0.3) is 11.8 Å². The van der Waals surface area contributed by atoms with Gasteiger partial charge in [0.05, 0.1) is 12.7 Å². The molecule has 1 unspecified atom stereocenters. The van der Waals surface area contributed by atoms with Gasteiger partial charge in [-0.2, -0.15) is 0 Å². The molecule has 2 amide bonds. The minimum atomic E-state index is -0.958. The number of carbonyl (C=O) groups is 3. The van der Waals surface area contributed by atoms with Gasteiger partial charge in [-0.1, -0.05) is 44.4 Å². The molecule has 4 aliphatic carbocycles. The Hall–Kier alpha value is -1.93. The molecule has 3 heterocycles. The number of hydroxylamine groups is 2. The summed E-state index contributed by atoms with van der Waals surface area (Å²) in [5, 5.41) is 0.559. The molecule has 0 N–H and O–H groups in total. The molecule has 6 fully saturated rings. The smallest absolute Gasteiger partial charge is 0.429 e. The van der Waals surface area contributed by atoms with Crippen LogP contribution in [0.5, 0.6) is 0 Å². The number of hydrogen-bond donors (Lipinski definition) is 0. The highest BCUT2D eigenvalue weighted by atomic mass is 16.8. The molecule has 11 atom stereocenters. The maximum atomic E-state index is 12.4. The Morgan fingerprint density at radius 2 is 1.80 bits per heavy atom. The molecule has 3 saturated heterocycles. The van der Waals surface area contributed by atoms with Crippen molar-refractivity contribution in [3.05, 3.63) is 11.6 Å². The van der Waals surface area contributed by atoms with Gasteiger partial charge in [0.15, 0.2) is 5.79 Å². The topological polar surface area (TPSA) is 91.4 Å². The molecule has 220 valence electrons. The van der Waals surface area contributed by atoms with Crippen LogP contribution in [0.15, 0.2) is 11.6 Å². The number of imide groups is 1. The zero-order valence-electron chi connectivity index (χ0n) is 24.5. The van der Waals surface area contributed by atoms with Crippen LogP contribution in [0.3, 0.4) is 0 Å². The summed E-state index contributed by atoms with van der Waals surface area (Å²) >= 11 is 0. The molecular weight excluding hydrogens is 510 g/mol. The van der Waals surface area contributed by atoms with Crippen molar-refractivity contribution in [2.24, 2.45) is 46.3 Å². The van der Waals surface area contributed by atoms with Crippen LogP contribution >= 0.6 is 0 Å². The Morgan fingerprint density at radius 1 is 1.02 bits per heavy atom. The van der Waals surface area contributed by atoms with Gasteiger partial charge in [-0.15, -0.1) is 0 Å². The lowest BCUT2D eigenvalue weighted by Crippen LogP contribution is -2.52. The lowest BCUT2D eigenvalue weighted by atomic mass is 9.47. The summed E-state index contributed by atoms with van der Waals surface area (Å²) < 4.78 is 19.0. The van der Waals surface area contributed by atoms with Crippen LogP contribution < -0.4 is 0 Å². The van der Waals surface area contributed by atoms with E-state index < -0.39 is 18.0 Å². The second-order valence-corrected chi connectivity index (χ2v) is 14.7. The van der Waals surface area contributed by atoms with E-state index in [1.165, 1.54) is 24.8 Å². The van der Waals surface area contributed by atoms with Crippen molar-refractivity contribution in [2.45, 2.75) is 116 Å². The quantitative estimate of drug-likeness (QED) is 0.237. The molecule has 0 aromatic carbocycles. The lowest BCUT2D eigenvalue weighted by molar-refractivity contribution is -0.272. The molecule has 0 aromatic heterocycles. The van der Waals surface area contributed by atoms with E-state index in [-0.39, 0.29) is 35.6 Å². The van der Waals surface area contributed by atoms with Gasteiger partial charge in [-0.3, -0.25) is 14.4 Å². The van der Waals surface area contributed by atoms with Gasteiger partial charge in [0, 0.05) is 31.6 Å². The third-order valence-corrected chi connectivity index (χ3v) is 12.8. The van der Waals surface area contributed by atoms with Crippen LogP contribution in [0, 0.1) is 46.3 Å². The third kappa shape index (κ3) is 3.87. The molecule has 8 heteroatoms. The van der Waals surface area contributed by atoms with E-state index in [1.54, 1.807) is 0 Å². The normalized spacial score (nSPS) is 49.7. The first-order valence-corrected chi connectivity index (χ1v) is 15.8. The number of fused-ring (bicyclic) bond motifs is 7. The third-order valence-electron chi connectivity index (χ3n) is 12.8. The van der Waals surface area contributed by atoms with Crippen molar-refractivity contribution in [3.8, 4) is 0 Å². The summed E-state index contributed by atoms with van der Waals surface area (Å²) in [4.78, 5) is 41.0. The maximum Gasteiger partial charge on any atom is 0.534 e. The number of amides is 2. The minimum Gasteiger partial charge on any atom is -0.429 e. The Labute approximate surface area is 237 Å². The van der Waals surface area contributed by atoms with Gasteiger partial charge in [0.2, 0.25) is 0 Å². The van der Waals surface area contributed by atoms with Crippen LogP contribution in [0.1, 0.15) is 98.3 Å². The molecular formula is C32H45NO7. The SMILES string of the molecule is CC1[C@H]2[C@H](C[C@H]3[C@@H]4CC=C5C[C@@H](OC(=O)ON6C(=O)CCC6=O)CC[C@]5(C)[C@H]4CC[C@@]32C)O[C@]12CC[C@@H](C)CO2. The summed E-state index contributed by atoms with van der Waals surface area (Å²) in [6.07, 6.45) is 11.0. The number of nitrogens with zero attached hydrogens (tertiary/aromatic N) is 1. The van der Waals surface area contributed by atoms with Crippen molar-refractivity contribution in [1.29, 1.82) is 0 Å². The Morgan fingerprint density at radius 3 is 2.52 bits per heavy atom. The number of hydrogen-bond acceptors (Lipinski definition) is 7. The average molecular weight is 556 g/mol. The summed E-state index contributed by atoms with van der Waals surface area (Å²) in [6.45, 7) is 10.5. The highest BCUT2D eigenvalue weighted by Crippen LogP contribution is 2.70. The summed E-state index contributed by atoms with van der Waals surface area (Å²) in [5.41, 5.74) is 1.81. The highest BCUT2D eigenvalue weighted by Gasteiger charge is 2.68. The maximum absolute atomic E-state index is 12.4. The zero-order chi connectivity index (χ0) is 28.0. The van der Waals surface area contributed by atoms with Gasteiger partial charge < -0.3 is 14.2 Å². The Balaban J connectivity index is 1.04. The second kappa shape index (κ2) is 9.29. The molecule has 0 bridgehead atoms. The molecule has 7 rings (SSSR count). The molecule has 40 heavy (non-hydrogen) atoms. The molecule has 0 radical (unpaired) electrons. The summed E-state index contributed by atoms with van der Waals surface area (Å²) in [5.74, 6) is 2.22. The van der Waals surface area contributed by atoms with E-state index in [2.05, 4.69) is 33.8 Å². The van der Waals surface area contributed by atoms with Gasteiger partial charge in [0.1, 0.15) is 6.10 Å². The van der Waals surface area contributed by atoms with E-state index in [0.717, 1.165) is 38.7 Å². The van der Waals surface area contributed by atoms with E-state index in [4.69, 9.17) is 19.0 Å². The zero-order valence-corrected chi connectivity index (χ0v) is 24.5. The van der Waals surface area contributed by atoms with Crippen LogP contribution in [0.25, 0.3) is 0 Å². The number of allylic oxidation sites excluding steroid dienone is 1. The standard InChI is InChI=1S/C32H45NO7/c1-18-9-14-32(37-17-18)19(2)28-25(39-32)16-24-22-6-5-20-15-21(38-29(36)40-33-26(34)7-8-27(33)35)10-12-30(20,3)23(22)11-13-31(24,28)4/h5,18-19,21-25,28H,6-17H2,1-4H3/t18-,19?,21+,22-,23+,24+,25+,28+,30+,31+,32-/m1/s1. The van der Waals surface area contributed by atoms with Gasteiger partial charge in [-0.25, -0.2) is 4.79 Å². The predicted molar refractivity (Wildman–Crippen MR) is 144 cm³/mol. The van der Waals surface area contributed by atoms with Gasteiger partial charge in [-0.05, 0) is 85.4 Å². The molecule has 3 saturated carbocycles. The summed E-state index contributed by atoms with van der Waals surface area (Å²) in [7, 11) is 0. The van der Waals surface area contributed by atoms with Gasteiger partial charge >= 0.3 is 6.16 Å². The number of rotatable bonds is 2. The monoisotopic (exact) mass is 555 g/mol. The van der Waals surface area contributed by atoms with Crippen molar-refractivity contribution >= 4 is 18.0 Å². The van der Waals surface area contributed by atoms with Crippen LogP contribution in [-0.4, -0.2) is 47.6 Å². The Kier molecular flexibility index (Phi) is 6.25. The second-order valence-electron chi connectivity index (χ2n) is 14.7. The number of ether oxygens (including phenoxy) is 3. The molecule has 1 spiro atoms. The molecule has 8 nitrogen and oxygen atoms in total. The van der Waals surface area contributed by atoms with Crippen molar-refractivity contribution < 1.29 is 33.4 Å². The van der Waals surface area contributed by atoms with Crippen LogP contribution in [0.2, 0.25) is 0 Å². The van der Waals surface area contributed by atoms with E-state index in [0.29, 0.717) is 53.1 Å². The van der Waals surface area contributed by atoms with Crippen LogP contribution in [0.4, 0.5) is 4.79 Å². The molecule has 3 aliphatic heterocycles. The first kappa shape index (κ1) is 26.9. The van der Waals surface area contributed by atoms with E-state index in [9.17, 15) is 14.4 Å². The average Bonchev–Trinajstić information content (AvgIpc) is 3.50. The highest BCUT2D eigenvalue weighted by molar-refractivity contribution is 6.01. The Bertz CT molecular complexity index is 1110. The largest absolute Gasteiger partial charge is 0.534 e. The van der Waals surface area contributed by atoms with E-state index in [1.807, 2.05) is 0 Å². The van der Waals surface area contributed by atoms with E-state index >= 15 is 0 Å². The number of carbonyl (C=O) groups excluding carboxylic acids is 3. The van der Waals surface area contributed by atoms with Crippen molar-refractivity contribution in [1.82, 2.24) is 5.06 Å². The first-order valence-electron chi connectivity index (χ1n) is 15.8. The molecule has 7 aliphatic rings. The predicted octanol–water partition coefficient (Wildman–Crippen LogP) is 5.94. The van der Waals surface area contributed by atoms with Crippen molar-refractivity contribution in [3.63, 3.8) is 0 Å². The fraction of sp³-hybridized carbons (Fsp3) is 0.844. The van der Waals surface area contributed by atoms with Crippen LogP contribution in [-0.2, 0) is 28.6 Å².